The van der Waals surface area contributed by atoms with Crippen molar-refractivity contribution < 1.29 is 4.74 Å². The van der Waals surface area contributed by atoms with Crippen LogP contribution >= 0.6 is 15.9 Å². The largest absolute Gasteiger partial charge is 0.378 e. The fourth-order valence-electron chi connectivity index (χ4n) is 2.51. The number of halogens is 1. The number of rotatable bonds is 5. The zero-order valence-corrected chi connectivity index (χ0v) is 12.6. The first-order valence-corrected chi connectivity index (χ1v) is 7.35. The minimum atomic E-state index is 0.268. The molecule has 0 amide bonds. The van der Waals surface area contributed by atoms with Crippen LogP contribution in [0.3, 0.4) is 0 Å². The third-order valence-electron chi connectivity index (χ3n) is 3.56. The Morgan fingerprint density at radius 2 is 2.39 bits per heavy atom. The van der Waals surface area contributed by atoms with Gasteiger partial charge in [0.25, 0.3) is 0 Å². The lowest BCUT2D eigenvalue weighted by atomic mass is 10.0. The van der Waals surface area contributed by atoms with Gasteiger partial charge in [0, 0.05) is 13.7 Å². The van der Waals surface area contributed by atoms with Crippen LogP contribution in [0.25, 0.3) is 0 Å². The van der Waals surface area contributed by atoms with E-state index in [0.717, 1.165) is 29.7 Å². The summed E-state index contributed by atoms with van der Waals surface area (Å²) in [6.45, 7) is 0.922. The molecule has 6 heteroatoms. The van der Waals surface area contributed by atoms with Gasteiger partial charge in [0.15, 0.2) is 4.60 Å². The molecular formula is C12H21BrN4O. The smallest absolute Gasteiger partial charge is 0.153 e. The van der Waals surface area contributed by atoms with Crippen molar-refractivity contribution in [1.29, 1.82) is 0 Å². The molecule has 1 N–H and O–H groups in total. The predicted octanol–water partition coefficient (Wildman–Crippen LogP) is 2.19. The summed E-state index contributed by atoms with van der Waals surface area (Å²) in [5.74, 6) is 0. The normalized spacial score (nSPS) is 22.1. The van der Waals surface area contributed by atoms with Crippen molar-refractivity contribution in [3.63, 3.8) is 0 Å². The van der Waals surface area contributed by atoms with E-state index in [0.29, 0.717) is 6.10 Å². The predicted molar refractivity (Wildman–Crippen MR) is 73.3 cm³/mol. The van der Waals surface area contributed by atoms with E-state index in [-0.39, 0.29) is 6.04 Å². The van der Waals surface area contributed by atoms with Crippen LogP contribution in [0.1, 0.15) is 43.8 Å². The first kappa shape index (κ1) is 14.0. The average Bonchev–Trinajstić information content (AvgIpc) is 2.73. The van der Waals surface area contributed by atoms with E-state index in [1.165, 1.54) is 19.3 Å². The maximum Gasteiger partial charge on any atom is 0.153 e. The molecule has 2 unspecified atom stereocenters. The van der Waals surface area contributed by atoms with Crippen molar-refractivity contribution in [2.45, 2.75) is 44.2 Å². The fraction of sp³-hybridized carbons (Fsp3) is 0.833. The van der Waals surface area contributed by atoms with Crippen molar-refractivity contribution in [1.82, 2.24) is 20.3 Å². The van der Waals surface area contributed by atoms with E-state index < -0.39 is 0 Å². The minimum absolute atomic E-state index is 0.268. The van der Waals surface area contributed by atoms with Crippen molar-refractivity contribution in [3.05, 3.63) is 10.3 Å². The van der Waals surface area contributed by atoms with Crippen LogP contribution in [0.15, 0.2) is 4.60 Å². The van der Waals surface area contributed by atoms with Crippen LogP contribution in [-0.4, -0.2) is 34.8 Å². The van der Waals surface area contributed by atoms with Gasteiger partial charge in [0.1, 0.15) is 0 Å². The lowest BCUT2D eigenvalue weighted by Crippen LogP contribution is -2.24. The second kappa shape index (κ2) is 6.63. The van der Waals surface area contributed by atoms with Crippen LogP contribution in [-0.2, 0) is 11.8 Å². The first-order valence-electron chi connectivity index (χ1n) is 6.56. The number of ether oxygens (including phenoxy) is 1. The molecule has 1 aliphatic rings. The van der Waals surface area contributed by atoms with Gasteiger partial charge in [0.2, 0.25) is 0 Å². The van der Waals surface area contributed by atoms with Crippen LogP contribution in [0, 0.1) is 0 Å². The molecule has 0 bridgehead atoms. The first-order chi connectivity index (χ1) is 8.72. The Morgan fingerprint density at radius 3 is 2.94 bits per heavy atom. The number of hydrogen-bond donors (Lipinski definition) is 1. The highest BCUT2D eigenvalue weighted by Gasteiger charge is 2.21. The summed E-state index contributed by atoms with van der Waals surface area (Å²) in [7, 11) is 3.90. The zero-order chi connectivity index (χ0) is 13.0. The molecule has 2 rings (SSSR count). The molecule has 1 saturated heterocycles. The van der Waals surface area contributed by atoms with E-state index in [1.54, 1.807) is 0 Å². The second-order valence-electron chi connectivity index (χ2n) is 4.80. The molecule has 1 fully saturated rings. The van der Waals surface area contributed by atoms with Crippen LogP contribution in [0.2, 0.25) is 0 Å². The Kier molecular flexibility index (Phi) is 5.14. The molecular weight excluding hydrogens is 296 g/mol. The van der Waals surface area contributed by atoms with E-state index in [9.17, 15) is 0 Å². The molecule has 5 nitrogen and oxygen atoms in total. The van der Waals surface area contributed by atoms with Crippen LogP contribution in [0.4, 0.5) is 0 Å². The fourth-order valence-corrected chi connectivity index (χ4v) is 3.12. The standard InChI is InChI=1S/C12H21BrN4O/c1-14-10(11-12(13)15-16-17(11)2)7-6-9-5-3-4-8-18-9/h9-10,14H,3-8H2,1-2H3. The lowest BCUT2D eigenvalue weighted by Gasteiger charge is -2.24. The molecule has 0 aliphatic carbocycles. The summed E-state index contributed by atoms with van der Waals surface area (Å²) in [5.41, 5.74) is 1.10. The second-order valence-corrected chi connectivity index (χ2v) is 5.55. The van der Waals surface area contributed by atoms with Crippen molar-refractivity contribution in [2.75, 3.05) is 13.7 Å². The molecule has 1 aromatic heterocycles. The van der Waals surface area contributed by atoms with E-state index >= 15 is 0 Å². The number of hydrogen-bond acceptors (Lipinski definition) is 4. The molecule has 0 spiro atoms. The van der Waals surface area contributed by atoms with Gasteiger partial charge in [-0.1, -0.05) is 5.21 Å². The van der Waals surface area contributed by atoms with Gasteiger partial charge in [-0.3, -0.25) is 0 Å². The van der Waals surface area contributed by atoms with Crippen molar-refractivity contribution in [3.8, 4) is 0 Å². The highest BCUT2D eigenvalue weighted by Crippen LogP contribution is 2.26. The van der Waals surface area contributed by atoms with E-state index in [4.69, 9.17) is 4.74 Å². The Labute approximate surface area is 116 Å². The molecule has 1 aliphatic heterocycles. The quantitative estimate of drug-likeness (QED) is 0.904. The number of nitrogens with one attached hydrogen (secondary N) is 1. The Hall–Kier alpha value is -0.460. The van der Waals surface area contributed by atoms with E-state index in [2.05, 4.69) is 31.6 Å². The molecule has 1 aromatic rings. The highest BCUT2D eigenvalue weighted by atomic mass is 79.9. The summed E-state index contributed by atoms with van der Waals surface area (Å²) in [6.07, 6.45) is 6.26. The highest BCUT2D eigenvalue weighted by molar-refractivity contribution is 9.10. The number of nitrogens with zero attached hydrogens (tertiary/aromatic N) is 3. The molecule has 0 saturated carbocycles. The molecule has 0 radical (unpaired) electrons. The van der Waals surface area contributed by atoms with Gasteiger partial charge >= 0.3 is 0 Å². The van der Waals surface area contributed by atoms with Gasteiger partial charge in [-0.2, -0.15) is 0 Å². The van der Waals surface area contributed by atoms with E-state index in [1.807, 2.05) is 18.8 Å². The third kappa shape index (κ3) is 3.30. The third-order valence-corrected chi connectivity index (χ3v) is 4.12. The summed E-state index contributed by atoms with van der Waals surface area (Å²) in [4.78, 5) is 0. The van der Waals surface area contributed by atoms with Crippen LogP contribution < -0.4 is 5.32 Å². The summed E-state index contributed by atoms with van der Waals surface area (Å²) in [5, 5.41) is 11.4. The van der Waals surface area contributed by atoms with Gasteiger partial charge in [-0.15, -0.1) is 5.10 Å². The summed E-state index contributed by atoms with van der Waals surface area (Å²) < 4.78 is 8.43. The summed E-state index contributed by atoms with van der Waals surface area (Å²) >= 11 is 3.46. The SMILES string of the molecule is CNC(CCC1CCCCO1)c1c(Br)nnn1C. The van der Waals surface area contributed by atoms with Gasteiger partial charge in [0.05, 0.1) is 17.8 Å². The molecule has 2 heterocycles. The number of aromatic nitrogens is 3. The average molecular weight is 317 g/mol. The Morgan fingerprint density at radius 1 is 1.56 bits per heavy atom. The Bertz CT molecular complexity index is 357. The Balaban J connectivity index is 1.93. The molecule has 18 heavy (non-hydrogen) atoms. The number of aryl methyl sites for hydroxylation is 1. The van der Waals surface area contributed by atoms with Gasteiger partial charge < -0.3 is 10.1 Å². The zero-order valence-electron chi connectivity index (χ0n) is 11.0. The molecule has 2 atom stereocenters. The van der Waals surface area contributed by atoms with Crippen molar-refractivity contribution in [2.24, 2.45) is 7.05 Å². The maximum absolute atomic E-state index is 5.77. The monoisotopic (exact) mass is 316 g/mol. The molecule has 102 valence electrons. The topological polar surface area (TPSA) is 52.0 Å². The summed E-state index contributed by atoms with van der Waals surface area (Å²) in [6, 6.07) is 0.268. The lowest BCUT2D eigenvalue weighted by molar-refractivity contribution is 0.00853. The maximum atomic E-state index is 5.77. The van der Waals surface area contributed by atoms with Gasteiger partial charge in [-0.25, -0.2) is 4.68 Å². The minimum Gasteiger partial charge on any atom is -0.378 e. The van der Waals surface area contributed by atoms with Gasteiger partial charge in [-0.05, 0) is 55.1 Å². The van der Waals surface area contributed by atoms with Crippen molar-refractivity contribution >= 4 is 15.9 Å². The van der Waals surface area contributed by atoms with Crippen LogP contribution in [0.5, 0.6) is 0 Å². The molecule has 0 aromatic carbocycles.